The Morgan fingerprint density at radius 2 is 2.25 bits per heavy atom. The Kier molecular flexibility index (Phi) is 4.53. The maximum atomic E-state index is 14.0. The van der Waals surface area contributed by atoms with Gasteiger partial charge in [-0.1, -0.05) is 17.7 Å². The van der Waals surface area contributed by atoms with Crippen molar-refractivity contribution < 1.29 is 18.7 Å². The van der Waals surface area contributed by atoms with E-state index in [1.54, 1.807) is 6.92 Å². The second-order valence-electron chi connectivity index (χ2n) is 5.32. The fourth-order valence-electron chi connectivity index (χ4n) is 2.70. The first-order chi connectivity index (χ1) is 11.5. The minimum absolute atomic E-state index is 0.0589. The lowest BCUT2D eigenvalue weighted by Crippen LogP contribution is -2.37. The quantitative estimate of drug-likeness (QED) is 0.862. The number of H-pyrrole nitrogens is 1. The number of nitrogens with one attached hydrogen (secondary N) is 1. The minimum Gasteiger partial charge on any atom is -0.461 e. The van der Waals surface area contributed by atoms with Gasteiger partial charge in [-0.15, -0.1) is 0 Å². The lowest BCUT2D eigenvalue weighted by Gasteiger charge is -2.27. The molecule has 1 aromatic carbocycles. The molecule has 0 saturated heterocycles. The van der Waals surface area contributed by atoms with Crippen LogP contribution in [0.1, 0.15) is 39.0 Å². The van der Waals surface area contributed by atoms with Crippen molar-refractivity contribution in [3.63, 3.8) is 0 Å². The molecule has 0 aliphatic carbocycles. The summed E-state index contributed by atoms with van der Waals surface area (Å²) in [5, 5.41) is 6.84. The van der Waals surface area contributed by atoms with E-state index in [0.717, 1.165) is 5.69 Å². The van der Waals surface area contributed by atoms with Gasteiger partial charge in [-0.05, 0) is 19.1 Å². The SMILES string of the molecule is CCOC(=O)c1n[nH]c2c1CN(C(=O)c1c(F)cccc1Cl)CC2. The number of hydrogen-bond acceptors (Lipinski definition) is 4. The molecule has 0 unspecified atom stereocenters. The van der Waals surface area contributed by atoms with Crippen molar-refractivity contribution in [1.29, 1.82) is 0 Å². The molecule has 1 N–H and O–H groups in total. The molecule has 0 saturated carbocycles. The Balaban J connectivity index is 1.88. The van der Waals surface area contributed by atoms with Gasteiger partial charge in [0.1, 0.15) is 5.82 Å². The van der Waals surface area contributed by atoms with Gasteiger partial charge in [0.2, 0.25) is 0 Å². The number of rotatable bonds is 3. The Hall–Kier alpha value is -2.41. The van der Waals surface area contributed by atoms with Gasteiger partial charge in [0, 0.05) is 24.2 Å². The number of halogens is 2. The third kappa shape index (κ3) is 2.87. The summed E-state index contributed by atoms with van der Waals surface area (Å²) in [5.41, 5.74) is 1.37. The average molecular weight is 352 g/mol. The molecule has 0 radical (unpaired) electrons. The van der Waals surface area contributed by atoms with Gasteiger partial charge >= 0.3 is 5.97 Å². The Morgan fingerprint density at radius 3 is 2.96 bits per heavy atom. The smallest absolute Gasteiger partial charge is 0.359 e. The van der Waals surface area contributed by atoms with Crippen LogP contribution in [-0.2, 0) is 17.7 Å². The highest BCUT2D eigenvalue weighted by Gasteiger charge is 2.30. The summed E-state index contributed by atoms with van der Waals surface area (Å²) >= 11 is 5.97. The number of aromatic amines is 1. The molecule has 0 bridgehead atoms. The molecule has 0 spiro atoms. The van der Waals surface area contributed by atoms with Crippen LogP contribution in [0.4, 0.5) is 4.39 Å². The second kappa shape index (κ2) is 6.60. The average Bonchev–Trinajstić information content (AvgIpc) is 2.98. The van der Waals surface area contributed by atoms with Crippen molar-refractivity contribution in [3.8, 4) is 0 Å². The number of carbonyl (C=O) groups excluding carboxylic acids is 2. The van der Waals surface area contributed by atoms with E-state index in [1.165, 1.54) is 23.1 Å². The number of aromatic nitrogens is 2. The molecule has 1 amide bonds. The van der Waals surface area contributed by atoms with E-state index in [2.05, 4.69) is 10.2 Å². The zero-order valence-electron chi connectivity index (χ0n) is 12.9. The summed E-state index contributed by atoms with van der Waals surface area (Å²) in [6, 6.07) is 4.10. The zero-order chi connectivity index (χ0) is 17.3. The van der Waals surface area contributed by atoms with Gasteiger partial charge in [-0.2, -0.15) is 5.10 Å². The third-order valence-corrected chi connectivity index (χ3v) is 4.18. The summed E-state index contributed by atoms with van der Waals surface area (Å²) in [6.07, 6.45) is 0.486. The maximum absolute atomic E-state index is 14.0. The molecule has 0 atom stereocenters. The summed E-state index contributed by atoms with van der Waals surface area (Å²) in [5.74, 6) is -1.73. The van der Waals surface area contributed by atoms with Gasteiger partial charge in [-0.3, -0.25) is 9.89 Å². The highest BCUT2D eigenvalue weighted by atomic mass is 35.5. The zero-order valence-corrected chi connectivity index (χ0v) is 13.7. The van der Waals surface area contributed by atoms with Crippen LogP contribution in [0, 0.1) is 5.82 Å². The molecule has 2 heterocycles. The molecule has 1 aliphatic heterocycles. The second-order valence-corrected chi connectivity index (χ2v) is 5.73. The van der Waals surface area contributed by atoms with Crippen molar-refractivity contribution in [3.05, 3.63) is 51.6 Å². The van der Waals surface area contributed by atoms with E-state index in [0.29, 0.717) is 18.5 Å². The topological polar surface area (TPSA) is 75.3 Å². The number of esters is 1. The standard InChI is InChI=1S/C16H15ClFN3O3/c1-2-24-16(23)14-9-8-21(7-6-12(9)19-20-14)15(22)13-10(17)4-3-5-11(13)18/h3-5H,2,6-8H2,1H3,(H,19,20). The van der Waals surface area contributed by atoms with Crippen molar-refractivity contribution >= 4 is 23.5 Å². The lowest BCUT2D eigenvalue weighted by atomic mass is 10.0. The number of amides is 1. The number of fused-ring (bicyclic) bond motifs is 1. The van der Waals surface area contributed by atoms with Crippen LogP contribution in [0.15, 0.2) is 18.2 Å². The first-order valence-corrected chi connectivity index (χ1v) is 7.87. The molecule has 8 heteroatoms. The molecule has 2 aromatic rings. The van der Waals surface area contributed by atoms with Crippen molar-refractivity contribution in [1.82, 2.24) is 15.1 Å². The molecule has 6 nitrogen and oxygen atoms in total. The summed E-state index contributed by atoms with van der Waals surface area (Å²) in [4.78, 5) is 26.0. The molecular weight excluding hydrogens is 337 g/mol. The number of nitrogens with zero attached hydrogens (tertiary/aromatic N) is 2. The van der Waals surface area contributed by atoms with Crippen LogP contribution < -0.4 is 0 Å². The third-order valence-electron chi connectivity index (χ3n) is 3.87. The van der Waals surface area contributed by atoms with Crippen LogP contribution in [0.25, 0.3) is 0 Å². The number of benzene rings is 1. The van der Waals surface area contributed by atoms with Crippen LogP contribution >= 0.6 is 11.6 Å². The predicted octanol–water partition coefficient (Wildman–Crippen LogP) is 2.58. The summed E-state index contributed by atoms with van der Waals surface area (Å²) in [6.45, 7) is 2.45. The fourth-order valence-corrected chi connectivity index (χ4v) is 2.94. The van der Waals surface area contributed by atoms with E-state index in [-0.39, 0.29) is 29.4 Å². The van der Waals surface area contributed by atoms with E-state index in [9.17, 15) is 14.0 Å². The fraction of sp³-hybridized carbons (Fsp3) is 0.312. The highest BCUT2D eigenvalue weighted by Crippen LogP contribution is 2.26. The van der Waals surface area contributed by atoms with Gasteiger partial charge < -0.3 is 9.64 Å². The molecule has 3 rings (SSSR count). The van der Waals surface area contributed by atoms with E-state index in [1.807, 2.05) is 0 Å². The van der Waals surface area contributed by atoms with Crippen molar-refractivity contribution in [2.24, 2.45) is 0 Å². The molecule has 0 fully saturated rings. The van der Waals surface area contributed by atoms with Gasteiger partial charge in [-0.25, -0.2) is 9.18 Å². The van der Waals surface area contributed by atoms with Crippen molar-refractivity contribution in [2.45, 2.75) is 19.9 Å². The first-order valence-electron chi connectivity index (χ1n) is 7.49. The Labute approximate surface area is 142 Å². The van der Waals surface area contributed by atoms with Gasteiger partial charge in [0.05, 0.1) is 23.7 Å². The Morgan fingerprint density at radius 1 is 1.46 bits per heavy atom. The maximum Gasteiger partial charge on any atom is 0.359 e. The van der Waals surface area contributed by atoms with Crippen LogP contribution in [0.5, 0.6) is 0 Å². The van der Waals surface area contributed by atoms with E-state index in [4.69, 9.17) is 16.3 Å². The summed E-state index contributed by atoms with van der Waals surface area (Å²) < 4.78 is 18.9. The number of carbonyl (C=O) groups is 2. The normalized spacial score (nSPS) is 13.5. The predicted molar refractivity (Wildman–Crippen MR) is 84.4 cm³/mol. The van der Waals surface area contributed by atoms with E-state index < -0.39 is 17.7 Å². The van der Waals surface area contributed by atoms with Crippen LogP contribution in [0.2, 0.25) is 5.02 Å². The lowest BCUT2D eigenvalue weighted by molar-refractivity contribution is 0.0513. The minimum atomic E-state index is -0.670. The molecule has 1 aromatic heterocycles. The largest absolute Gasteiger partial charge is 0.461 e. The summed E-state index contributed by atoms with van der Waals surface area (Å²) in [7, 11) is 0. The molecule has 24 heavy (non-hydrogen) atoms. The molecular formula is C16H15ClFN3O3. The van der Waals surface area contributed by atoms with Crippen molar-refractivity contribution in [2.75, 3.05) is 13.2 Å². The number of ether oxygens (including phenoxy) is 1. The van der Waals surface area contributed by atoms with Gasteiger partial charge in [0.25, 0.3) is 5.91 Å². The van der Waals surface area contributed by atoms with E-state index >= 15 is 0 Å². The highest BCUT2D eigenvalue weighted by molar-refractivity contribution is 6.33. The van der Waals surface area contributed by atoms with Crippen LogP contribution in [0.3, 0.4) is 0 Å². The molecule has 126 valence electrons. The van der Waals surface area contributed by atoms with Gasteiger partial charge in [0.15, 0.2) is 5.69 Å². The molecule has 1 aliphatic rings. The monoisotopic (exact) mass is 351 g/mol. The first kappa shape index (κ1) is 16.4. The van der Waals surface area contributed by atoms with Crippen LogP contribution in [-0.4, -0.2) is 40.1 Å². The Bertz CT molecular complexity index is 786. The number of hydrogen-bond donors (Lipinski definition) is 1.